The van der Waals surface area contributed by atoms with Crippen molar-refractivity contribution in [2.24, 2.45) is 34.5 Å². The summed E-state index contributed by atoms with van der Waals surface area (Å²) >= 11 is 0. The summed E-state index contributed by atoms with van der Waals surface area (Å²) in [4.78, 5) is 55.9. The summed E-state index contributed by atoms with van der Waals surface area (Å²) in [5, 5.41) is 10.6. The van der Waals surface area contributed by atoms with Gasteiger partial charge in [-0.2, -0.15) is 0 Å². The molecule has 2 fully saturated rings. The predicted molar refractivity (Wildman–Crippen MR) is 169 cm³/mol. The number of ether oxygens (including phenoxy) is 2. The second kappa shape index (κ2) is 10.6. The number of phenolic OH excluding ortho intramolecular Hbond substituents is 1. The number of carbonyl (C=O) groups excluding carboxylic acids is 3. The lowest BCUT2D eigenvalue weighted by Crippen LogP contribution is -2.58. The van der Waals surface area contributed by atoms with Gasteiger partial charge >= 0.3 is 0 Å². The van der Waals surface area contributed by atoms with Crippen LogP contribution < -0.4 is 10.2 Å². The third-order valence-corrected chi connectivity index (χ3v) is 11.9. The molecule has 1 N–H and O–H groups in total. The van der Waals surface area contributed by atoms with E-state index in [2.05, 4.69) is 27.4 Å². The van der Waals surface area contributed by atoms with Gasteiger partial charge in [0.15, 0.2) is 22.8 Å². The average molecular weight is 615 g/mol. The Labute approximate surface area is 263 Å². The highest BCUT2D eigenvalue weighted by Crippen LogP contribution is 2.63. The Morgan fingerprint density at radius 1 is 1.02 bits per heavy atom. The van der Waals surface area contributed by atoms with Gasteiger partial charge in [-0.15, -0.1) is 0 Å². The van der Waals surface area contributed by atoms with Crippen LogP contribution in [-0.2, 0) is 24.5 Å². The summed E-state index contributed by atoms with van der Waals surface area (Å²) in [5.74, 6) is -2.31. The Balaban J connectivity index is 1.60. The number of hydrogen-bond donors (Lipinski definition) is 1. The first-order valence-corrected chi connectivity index (χ1v) is 15.8. The number of ketones is 3. The molecule has 0 radical (unpaired) electrons. The molecule has 4 aliphatic rings. The highest BCUT2D eigenvalue weighted by Gasteiger charge is 2.63. The zero-order chi connectivity index (χ0) is 32.6. The van der Waals surface area contributed by atoms with E-state index in [-0.39, 0.29) is 74.6 Å². The highest BCUT2D eigenvalue weighted by molar-refractivity contribution is 6.14. The van der Waals surface area contributed by atoms with E-state index in [0.29, 0.717) is 18.4 Å². The number of rotatable bonds is 5. The van der Waals surface area contributed by atoms with Crippen LogP contribution in [0.15, 0.2) is 63.0 Å². The molecule has 1 aromatic carbocycles. The maximum atomic E-state index is 14.7. The van der Waals surface area contributed by atoms with Crippen molar-refractivity contribution in [1.29, 1.82) is 0 Å². The Bertz CT molecular complexity index is 1770. The predicted octanol–water partition coefficient (Wildman–Crippen LogP) is 6.38. The van der Waals surface area contributed by atoms with E-state index in [1.54, 1.807) is 0 Å². The standard InChI is InChI=1S/C37H42O8/c1-19-9-10-22-34(42)29(44-7)18-31(41)37(22,32-17-27(40)33-26(39)13-21(43-6)14-28(33)45-32)23(19)15-24-20(2)25(38)16-30-35(3,4)11-8-12-36(24,30)5/h9,13-14,17-18,22-24,30,39H,2,8,10-12,15-16H2,1,3-7H3/t22-,23+,24-,30-,36+,37-/m0/s1. The number of phenols is 1. The maximum absolute atomic E-state index is 14.7. The van der Waals surface area contributed by atoms with Crippen LogP contribution in [0.1, 0.15) is 72.0 Å². The number of methoxy groups -OCH3 is 2. The van der Waals surface area contributed by atoms with Crippen LogP contribution >= 0.6 is 0 Å². The Hall–Kier alpha value is -3.94. The first kappa shape index (κ1) is 31.1. The van der Waals surface area contributed by atoms with Crippen molar-refractivity contribution in [2.75, 3.05) is 14.2 Å². The van der Waals surface area contributed by atoms with Crippen LogP contribution in [-0.4, -0.2) is 36.7 Å². The van der Waals surface area contributed by atoms with Crippen molar-refractivity contribution in [1.82, 2.24) is 0 Å². The van der Waals surface area contributed by atoms with Crippen LogP contribution in [0, 0.1) is 34.5 Å². The topological polar surface area (TPSA) is 120 Å². The normalized spacial score (nSPS) is 32.8. The average Bonchev–Trinajstić information content (AvgIpc) is 2.98. The Morgan fingerprint density at radius 3 is 2.44 bits per heavy atom. The van der Waals surface area contributed by atoms with Gasteiger partial charge in [0.05, 0.1) is 14.2 Å². The molecule has 0 aliphatic heterocycles. The molecule has 0 unspecified atom stereocenters. The number of fused-ring (bicyclic) bond motifs is 3. The minimum Gasteiger partial charge on any atom is -0.507 e. The van der Waals surface area contributed by atoms with Crippen LogP contribution in [0.4, 0.5) is 0 Å². The van der Waals surface area contributed by atoms with E-state index in [0.717, 1.165) is 24.8 Å². The van der Waals surface area contributed by atoms with Gasteiger partial charge in [0.1, 0.15) is 33.6 Å². The molecule has 45 heavy (non-hydrogen) atoms. The molecule has 0 saturated heterocycles. The molecule has 8 heteroatoms. The molecule has 6 rings (SSSR count). The van der Waals surface area contributed by atoms with Crippen molar-refractivity contribution < 1.29 is 33.4 Å². The summed E-state index contributed by atoms with van der Waals surface area (Å²) in [5.41, 5.74) is -0.911. The molecule has 4 aliphatic carbocycles. The maximum Gasteiger partial charge on any atom is 0.202 e. The largest absolute Gasteiger partial charge is 0.507 e. The minimum absolute atomic E-state index is 0.0342. The molecule has 238 valence electrons. The molecular weight excluding hydrogens is 572 g/mol. The van der Waals surface area contributed by atoms with E-state index < -0.39 is 28.5 Å². The van der Waals surface area contributed by atoms with E-state index in [4.69, 9.17) is 13.9 Å². The number of benzene rings is 1. The number of carbonyl (C=O) groups is 3. The summed E-state index contributed by atoms with van der Waals surface area (Å²) in [6, 6.07) is 4.07. The number of aromatic hydroxyl groups is 1. The molecule has 8 nitrogen and oxygen atoms in total. The van der Waals surface area contributed by atoms with Gasteiger partial charge in [0.25, 0.3) is 0 Å². The molecule has 0 amide bonds. The Morgan fingerprint density at radius 2 is 1.76 bits per heavy atom. The van der Waals surface area contributed by atoms with Crippen LogP contribution in [0.2, 0.25) is 0 Å². The molecule has 2 saturated carbocycles. The van der Waals surface area contributed by atoms with Gasteiger partial charge in [0.2, 0.25) is 5.78 Å². The lowest BCUT2D eigenvalue weighted by atomic mass is 9.44. The summed E-state index contributed by atoms with van der Waals surface area (Å²) in [7, 11) is 2.79. The van der Waals surface area contributed by atoms with Crippen molar-refractivity contribution in [3.63, 3.8) is 0 Å². The molecule has 1 aromatic heterocycles. The molecule has 6 atom stereocenters. The quantitative estimate of drug-likeness (QED) is 0.305. The third kappa shape index (κ3) is 4.38. The van der Waals surface area contributed by atoms with Gasteiger partial charge in [0, 0.05) is 42.5 Å². The van der Waals surface area contributed by atoms with Gasteiger partial charge in [-0.05, 0) is 60.8 Å². The highest BCUT2D eigenvalue weighted by atomic mass is 16.5. The number of hydrogen-bond acceptors (Lipinski definition) is 8. The lowest BCUT2D eigenvalue weighted by molar-refractivity contribution is -0.139. The van der Waals surface area contributed by atoms with Crippen molar-refractivity contribution in [3.8, 4) is 11.5 Å². The fourth-order valence-corrected chi connectivity index (χ4v) is 9.58. The van der Waals surface area contributed by atoms with Crippen molar-refractivity contribution in [3.05, 3.63) is 69.8 Å². The van der Waals surface area contributed by atoms with E-state index >= 15 is 0 Å². The van der Waals surface area contributed by atoms with Gasteiger partial charge in [-0.25, -0.2) is 0 Å². The SMILES string of the molecule is C=C1C(=O)C[C@H]2C(C)(C)CCC[C@]2(C)[C@H]1C[C@@H]1C(C)=CC[C@H]2C(=O)C(OC)=CC(=O)[C@@]12c1cc(=O)c2c(O)cc(OC)cc2o1. The molecule has 0 spiro atoms. The zero-order valence-corrected chi connectivity index (χ0v) is 27.0. The second-order valence-electron chi connectivity index (χ2n) is 14.4. The fraction of sp³-hybridized carbons (Fsp3) is 0.514. The first-order chi connectivity index (χ1) is 21.2. The number of Topliss-reactive ketones (excluding diaryl/α,β-unsaturated/α-hetero) is 2. The summed E-state index contributed by atoms with van der Waals surface area (Å²) < 4.78 is 17.1. The molecule has 1 heterocycles. The van der Waals surface area contributed by atoms with E-state index in [9.17, 15) is 24.3 Å². The summed E-state index contributed by atoms with van der Waals surface area (Å²) in [6.07, 6.45) is 7.28. The van der Waals surface area contributed by atoms with Gasteiger partial charge in [-0.1, -0.05) is 45.4 Å². The fourth-order valence-electron chi connectivity index (χ4n) is 9.58. The van der Waals surface area contributed by atoms with Gasteiger partial charge < -0.3 is 19.0 Å². The van der Waals surface area contributed by atoms with Crippen molar-refractivity contribution >= 4 is 28.3 Å². The third-order valence-electron chi connectivity index (χ3n) is 11.9. The van der Waals surface area contributed by atoms with Crippen molar-refractivity contribution in [2.45, 2.75) is 71.6 Å². The Kier molecular flexibility index (Phi) is 7.29. The van der Waals surface area contributed by atoms with E-state index in [1.165, 1.54) is 38.5 Å². The minimum atomic E-state index is -1.58. The monoisotopic (exact) mass is 614 g/mol. The smallest absolute Gasteiger partial charge is 0.202 e. The first-order valence-electron chi connectivity index (χ1n) is 15.8. The molecular formula is C37H42O8. The zero-order valence-electron chi connectivity index (χ0n) is 27.0. The second-order valence-corrected chi connectivity index (χ2v) is 14.4. The molecule has 0 bridgehead atoms. The lowest BCUT2D eigenvalue weighted by Gasteiger charge is -2.59. The van der Waals surface area contributed by atoms with Crippen LogP contribution in [0.5, 0.6) is 11.5 Å². The van der Waals surface area contributed by atoms with Crippen LogP contribution in [0.3, 0.4) is 0 Å². The number of allylic oxidation sites excluding steroid dienone is 5. The molecule has 2 aromatic rings. The van der Waals surface area contributed by atoms with Gasteiger partial charge in [-0.3, -0.25) is 19.2 Å². The van der Waals surface area contributed by atoms with Crippen LogP contribution in [0.25, 0.3) is 11.0 Å². The summed E-state index contributed by atoms with van der Waals surface area (Å²) in [6.45, 7) is 13.0. The van der Waals surface area contributed by atoms with E-state index in [1.807, 2.05) is 13.0 Å².